The minimum absolute atomic E-state index is 0.224. The number of carbonyl (C=O) groups is 2. The van der Waals surface area contributed by atoms with Crippen molar-refractivity contribution in [3.63, 3.8) is 0 Å². The molecule has 2 aliphatic rings. The van der Waals surface area contributed by atoms with Gasteiger partial charge in [0, 0.05) is 0 Å². The van der Waals surface area contributed by atoms with E-state index in [1.165, 1.54) is 4.90 Å². The zero-order valence-corrected chi connectivity index (χ0v) is 11.6. The molecule has 1 aromatic rings. The van der Waals surface area contributed by atoms with Crippen molar-refractivity contribution in [2.24, 2.45) is 5.92 Å². The van der Waals surface area contributed by atoms with Gasteiger partial charge >= 0.3 is 0 Å². The van der Waals surface area contributed by atoms with Crippen LogP contribution in [0.25, 0.3) is 0 Å². The lowest BCUT2D eigenvalue weighted by molar-refractivity contribution is 0.0567. The van der Waals surface area contributed by atoms with Gasteiger partial charge in [0.25, 0.3) is 11.8 Å². The average molecular weight is 268 g/mol. The molecular weight excluding hydrogens is 252 g/mol. The van der Waals surface area contributed by atoms with Crippen LogP contribution in [-0.2, 0) is 0 Å². The number of rotatable bonds is 1. The summed E-state index contributed by atoms with van der Waals surface area (Å²) in [5.41, 5.74) is 2.72. The molecule has 0 N–H and O–H groups in total. The predicted octanol–water partition coefficient (Wildman–Crippen LogP) is 2.59. The van der Waals surface area contributed by atoms with Gasteiger partial charge in [-0.2, -0.15) is 5.26 Å². The van der Waals surface area contributed by atoms with Gasteiger partial charge in [0.15, 0.2) is 0 Å². The summed E-state index contributed by atoms with van der Waals surface area (Å²) in [4.78, 5) is 26.6. The fraction of sp³-hybridized carbons (Fsp3) is 0.438. The number of aryl methyl sites for hydroxylation is 2. The van der Waals surface area contributed by atoms with Gasteiger partial charge in [-0.15, -0.1) is 0 Å². The Hall–Kier alpha value is -2.15. The molecule has 20 heavy (non-hydrogen) atoms. The summed E-state index contributed by atoms with van der Waals surface area (Å²) in [6, 6.07) is 5.73. The van der Waals surface area contributed by atoms with E-state index in [-0.39, 0.29) is 23.8 Å². The standard InChI is InChI=1S/C16H16N2O2/c1-9-6-7-10(2)14-13(9)15(19)18(16(14)20)12-5-3-4-11(12)8-17/h6-7,11-12H,3-5H2,1-2H3. The number of nitrogens with zero attached hydrogens (tertiary/aromatic N) is 2. The summed E-state index contributed by atoms with van der Waals surface area (Å²) < 4.78 is 0. The second-order valence-corrected chi connectivity index (χ2v) is 5.66. The molecular formula is C16H16N2O2. The Bertz CT molecular complexity index is 616. The molecule has 0 spiro atoms. The second-order valence-electron chi connectivity index (χ2n) is 5.66. The predicted molar refractivity (Wildman–Crippen MR) is 73.2 cm³/mol. The van der Waals surface area contributed by atoms with Crippen molar-refractivity contribution >= 4 is 11.8 Å². The molecule has 4 heteroatoms. The van der Waals surface area contributed by atoms with E-state index in [2.05, 4.69) is 6.07 Å². The molecule has 2 amide bonds. The molecule has 1 fully saturated rings. The molecule has 0 bridgehead atoms. The molecule has 2 atom stereocenters. The summed E-state index contributed by atoms with van der Waals surface area (Å²) in [5, 5.41) is 9.20. The summed E-state index contributed by atoms with van der Waals surface area (Å²) >= 11 is 0. The molecule has 4 nitrogen and oxygen atoms in total. The normalized spacial score (nSPS) is 24.9. The van der Waals surface area contributed by atoms with Crippen LogP contribution in [0.1, 0.15) is 51.1 Å². The summed E-state index contributed by atoms with van der Waals surface area (Å²) in [6.07, 6.45) is 2.41. The third-order valence-corrected chi connectivity index (χ3v) is 4.46. The number of fused-ring (bicyclic) bond motifs is 1. The maximum absolute atomic E-state index is 12.6. The van der Waals surface area contributed by atoms with E-state index in [4.69, 9.17) is 0 Å². The van der Waals surface area contributed by atoms with Crippen molar-refractivity contribution in [1.29, 1.82) is 5.26 Å². The van der Waals surface area contributed by atoms with E-state index in [0.29, 0.717) is 11.1 Å². The van der Waals surface area contributed by atoms with E-state index < -0.39 is 0 Å². The first kappa shape index (κ1) is 12.9. The lowest BCUT2D eigenvalue weighted by Crippen LogP contribution is -2.41. The summed E-state index contributed by atoms with van der Waals surface area (Å²) in [6.45, 7) is 3.70. The largest absolute Gasteiger partial charge is 0.270 e. The Balaban J connectivity index is 2.09. The molecule has 1 heterocycles. The number of hydrogen-bond acceptors (Lipinski definition) is 3. The fourth-order valence-corrected chi connectivity index (χ4v) is 3.40. The average Bonchev–Trinajstić information content (AvgIpc) is 2.97. The van der Waals surface area contributed by atoms with Crippen LogP contribution in [0, 0.1) is 31.1 Å². The monoisotopic (exact) mass is 268 g/mol. The highest BCUT2D eigenvalue weighted by Crippen LogP contribution is 2.36. The maximum Gasteiger partial charge on any atom is 0.262 e. The molecule has 0 aromatic heterocycles. The third-order valence-electron chi connectivity index (χ3n) is 4.46. The number of amides is 2. The number of imide groups is 1. The van der Waals surface area contributed by atoms with Crippen molar-refractivity contribution in [3.8, 4) is 6.07 Å². The Kier molecular flexibility index (Phi) is 2.86. The van der Waals surface area contributed by atoms with Crippen LogP contribution in [0.15, 0.2) is 12.1 Å². The second kappa shape index (κ2) is 4.45. The van der Waals surface area contributed by atoms with Crippen molar-refractivity contribution in [2.45, 2.75) is 39.2 Å². The zero-order chi connectivity index (χ0) is 14.4. The number of hydrogen-bond donors (Lipinski definition) is 0. The number of benzene rings is 1. The van der Waals surface area contributed by atoms with E-state index >= 15 is 0 Å². The van der Waals surface area contributed by atoms with E-state index in [9.17, 15) is 14.9 Å². The van der Waals surface area contributed by atoms with E-state index in [1.54, 1.807) is 0 Å². The third kappa shape index (κ3) is 1.59. The highest BCUT2D eigenvalue weighted by molar-refractivity contribution is 6.22. The van der Waals surface area contributed by atoms with Gasteiger partial charge in [-0.3, -0.25) is 14.5 Å². The molecule has 1 aliphatic carbocycles. The van der Waals surface area contributed by atoms with Crippen LogP contribution < -0.4 is 0 Å². The van der Waals surface area contributed by atoms with E-state index in [1.807, 2.05) is 26.0 Å². The van der Waals surface area contributed by atoms with E-state index in [0.717, 1.165) is 30.4 Å². The van der Waals surface area contributed by atoms with Crippen molar-refractivity contribution in [2.75, 3.05) is 0 Å². The molecule has 3 rings (SSSR count). The fourth-order valence-electron chi connectivity index (χ4n) is 3.40. The maximum atomic E-state index is 12.6. The number of nitriles is 1. The van der Waals surface area contributed by atoms with Crippen LogP contribution in [-0.4, -0.2) is 22.8 Å². The molecule has 2 unspecified atom stereocenters. The van der Waals surface area contributed by atoms with Crippen molar-refractivity contribution < 1.29 is 9.59 Å². The first-order valence-electron chi connectivity index (χ1n) is 6.94. The molecule has 1 aromatic carbocycles. The van der Waals surface area contributed by atoms with Gasteiger partial charge in [0.2, 0.25) is 0 Å². The smallest absolute Gasteiger partial charge is 0.262 e. The van der Waals surface area contributed by atoms with Crippen molar-refractivity contribution in [3.05, 3.63) is 34.4 Å². The van der Waals surface area contributed by atoms with Crippen molar-refractivity contribution in [1.82, 2.24) is 4.90 Å². The molecule has 1 aliphatic heterocycles. The Morgan fingerprint density at radius 3 is 2.15 bits per heavy atom. The van der Waals surface area contributed by atoms with Crippen LogP contribution >= 0.6 is 0 Å². The SMILES string of the molecule is Cc1ccc(C)c2c1C(=O)N(C1CCCC1C#N)C2=O. The molecule has 0 saturated heterocycles. The minimum atomic E-state index is -0.258. The van der Waals surface area contributed by atoms with Gasteiger partial charge in [0.1, 0.15) is 0 Å². The molecule has 0 radical (unpaired) electrons. The highest BCUT2D eigenvalue weighted by Gasteiger charge is 2.45. The van der Waals surface area contributed by atoms with Crippen LogP contribution in [0.2, 0.25) is 0 Å². The topological polar surface area (TPSA) is 61.2 Å². The van der Waals surface area contributed by atoms with Gasteiger partial charge < -0.3 is 0 Å². The quantitative estimate of drug-likeness (QED) is 0.735. The Labute approximate surface area is 118 Å². The number of carbonyl (C=O) groups excluding carboxylic acids is 2. The highest BCUT2D eigenvalue weighted by atomic mass is 16.2. The van der Waals surface area contributed by atoms with Crippen LogP contribution in [0.3, 0.4) is 0 Å². The van der Waals surface area contributed by atoms with Crippen LogP contribution in [0.5, 0.6) is 0 Å². The first-order valence-corrected chi connectivity index (χ1v) is 6.94. The molecule has 102 valence electrons. The van der Waals surface area contributed by atoms with Gasteiger partial charge in [-0.25, -0.2) is 0 Å². The van der Waals surface area contributed by atoms with Gasteiger partial charge in [0.05, 0.1) is 29.2 Å². The van der Waals surface area contributed by atoms with Gasteiger partial charge in [-0.05, 0) is 44.2 Å². The lowest BCUT2D eigenvalue weighted by Gasteiger charge is -2.24. The zero-order valence-electron chi connectivity index (χ0n) is 11.6. The first-order chi connectivity index (χ1) is 9.56. The van der Waals surface area contributed by atoms with Crippen LogP contribution in [0.4, 0.5) is 0 Å². The Morgan fingerprint density at radius 2 is 1.65 bits per heavy atom. The summed E-state index contributed by atoms with van der Waals surface area (Å²) in [5.74, 6) is -0.672. The van der Waals surface area contributed by atoms with Gasteiger partial charge in [-0.1, -0.05) is 12.1 Å². The Morgan fingerprint density at radius 1 is 1.10 bits per heavy atom. The minimum Gasteiger partial charge on any atom is -0.270 e. The lowest BCUT2D eigenvalue weighted by atomic mass is 9.99. The molecule has 1 saturated carbocycles. The summed E-state index contributed by atoms with van der Waals surface area (Å²) in [7, 11) is 0.